The van der Waals surface area contributed by atoms with E-state index >= 15 is 0 Å². The van der Waals surface area contributed by atoms with Crippen LogP contribution in [0.2, 0.25) is 18.1 Å². The average molecular weight is 402 g/mol. The van der Waals surface area contributed by atoms with Gasteiger partial charge in [-0.2, -0.15) is 11.3 Å². The molecule has 0 saturated carbocycles. The van der Waals surface area contributed by atoms with Gasteiger partial charge in [0.25, 0.3) is 0 Å². The minimum absolute atomic E-state index is 0.155. The largest absolute Gasteiger partial charge is 0.416 e. The first kappa shape index (κ1) is 20.8. The number of hydrogen-bond acceptors (Lipinski definition) is 3. The van der Waals surface area contributed by atoms with Crippen LogP contribution in [0.3, 0.4) is 0 Å². The minimum Gasteiger partial charge on any atom is -0.416 e. The third kappa shape index (κ3) is 4.92. The maximum absolute atomic E-state index is 6.75. The van der Waals surface area contributed by atoms with E-state index in [2.05, 4.69) is 85.9 Å². The van der Waals surface area contributed by atoms with Crippen LogP contribution in [0.5, 0.6) is 0 Å². The van der Waals surface area contributed by atoms with Crippen LogP contribution in [-0.4, -0.2) is 32.9 Å². The molecule has 2 nitrogen and oxygen atoms in total. The molecule has 27 heavy (non-hydrogen) atoms. The predicted octanol–water partition coefficient (Wildman–Crippen LogP) is 6.30. The highest BCUT2D eigenvalue weighted by atomic mass is 32.1. The van der Waals surface area contributed by atoms with Crippen LogP contribution in [-0.2, 0) is 16.4 Å². The van der Waals surface area contributed by atoms with Gasteiger partial charge in [0.2, 0.25) is 0 Å². The SMILES string of the molecule is CC(C)(C)[Si](C)(C)OCC1(c2ccccc2)CCN(Cc2ccsc2)CC1. The first-order valence-electron chi connectivity index (χ1n) is 10.1. The van der Waals surface area contributed by atoms with E-state index in [-0.39, 0.29) is 10.5 Å². The topological polar surface area (TPSA) is 12.5 Å². The summed E-state index contributed by atoms with van der Waals surface area (Å²) in [7, 11) is -1.75. The van der Waals surface area contributed by atoms with E-state index in [1.807, 2.05) is 0 Å². The lowest BCUT2D eigenvalue weighted by atomic mass is 9.73. The molecule has 1 aliphatic rings. The molecular formula is C23H35NOSSi. The molecule has 1 fully saturated rings. The number of piperidine rings is 1. The summed E-state index contributed by atoms with van der Waals surface area (Å²) < 4.78 is 6.75. The van der Waals surface area contributed by atoms with Crippen molar-refractivity contribution in [1.82, 2.24) is 4.90 Å². The van der Waals surface area contributed by atoms with E-state index in [1.165, 1.54) is 24.0 Å². The van der Waals surface area contributed by atoms with Crippen LogP contribution in [0.4, 0.5) is 0 Å². The Hall–Kier alpha value is -0.943. The smallest absolute Gasteiger partial charge is 0.192 e. The normalized spacial score (nSPS) is 18.6. The van der Waals surface area contributed by atoms with Crippen molar-refractivity contribution in [3.8, 4) is 0 Å². The summed E-state index contributed by atoms with van der Waals surface area (Å²) in [6.45, 7) is 16.0. The first-order chi connectivity index (χ1) is 12.7. The fourth-order valence-corrected chi connectivity index (χ4v) is 5.35. The fraction of sp³-hybridized carbons (Fsp3) is 0.565. The van der Waals surface area contributed by atoms with Gasteiger partial charge in [-0.3, -0.25) is 4.90 Å². The number of nitrogens with zero attached hydrogens (tertiary/aromatic N) is 1. The summed E-state index contributed by atoms with van der Waals surface area (Å²) >= 11 is 1.80. The molecule has 4 heteroatoms. The molecule has 0 bridgehead atoms. The molecule has 0 amide bonds. The highest BCUT2D eigenvalue weighted by Crippen LogP contribution is 2.41. The number of rotatable bonds is 6. The Morgan fingerprint density at radius 2 is 1.74 bits per heavy atom. The van der Waals surface area contributed by atoms with E-state index in [0.717, 1.165) is 26.2 Å². The monoisotopic (exact) mass is 401 g/mol. The van der Waals surface area contributed by atoms with Crippen LogP contribution in [0.25, 0.3) is 0 Å². The van der Waals surface area contributed by atoms with Crippen molar-refractivity contribution in [2.24, 2.45) is 0 Å². The van der Waals surface area contributed by atoms with Crippen LogP contribution in [0.1, 0.15) is 44.7 Å². The Bertz CT molecular complexity index is 698. The van der Waals surface area contributed by atoms with Crippen molar-refractivity contribution in [2.75, 3.05) is 19.7 Å². The van der Waals surface area contributed by atoms with E-state index in [9.17, 15) is 0 Å². The van der Waals surface area contributed by atoms with Crippen molar-refractivity contribution in [1.29, 1.82) is 0 Å². The zero-order valence-electron chi connectivity index (χ0n) is 17.6. The second-order valence-corrected chi connectivity index (χ2v) is 15.2. The van der Waals surface area contributed by atoms with Crippen LogP contribution in [0, 0.1) is 0 Å². The Labute approximate surface area is 170 Å². The second-order valence-electron chi connectivity index (χ2n) is 9.60. The summed E-state index contributed by atoms with van der Waals surface area (Å²) in [6, 6.07) is 13.4. The van der Waals surface area contributed by atoms with E-state index in [4.69, 9.17) is 4.43 Å². The molecule has 1 aliphatic heterocycles. The summed E-state index contributed by atoms with van der Waals surface area (Å²) in [6.07, 6.45) is 2.35. The van der Waals surface area contributed by atoms with Crippen LogP contribution >= 0.6 is 11.3 Å². The van der Waals surface area contributed by atoms with Crippen molar-refractivity contribution < 1.29 is 4.43 Å². The number of thiophene rings is 1. The molecule has 148 valence electrons. The fourth-order valence-electron chi connectivity index (χ4n) is 3.62. The molecule has 0 aliphatic carbocycles. The molecule has 2 heterocycles. The summed E-state index contributed by atoms with van der Waals surface area (Å²) in [5, 5.41) is 4.71. The predicted molar refractivity (Wildman–Crippen MR) is 120 cm³/mol. The quantitative estimate of drug-likeness (QED) is 0.526. The molecule has 0 atom stereocenters. The minimum atomic E-state index is -1.75. The number of hydrogen-bond donors (Lipinski definition) is 0. The summed E-state index contributed by atoms with van der Waals surface area (Å²) in [5.41, 5.74) is 3.06. The standard InChI is InChI=1S/C23H35NOSSi/c1-22(2,3)27(4,5)25-19-23(21-9-7-6-8-10-21)12-14-24(15-13-23)17-20-11-16-26-18-20/h6-11,16,18H,12-15,17,19H2,1-5H3. The van der Waals surface area contributed by atoms with E-state index in [1.54, 1.807) is 11.3 Å². The maximum Gasteiger partial charge on any atom is 0.192 e. The first-order valence-corrected chi connectivity index (χ1v) is 14.0. The Morgan fingerprint density at radius 1 is 1.07 bits per heavy atom. The van der Waals surface area contributed by atoms with Crippen molar-refractivity contribution >= 4 is 19.7 Å². The van der Waals surface area contributed by atoms with E-state index < -0.39 is 8.32 Å². The second kappa shape index (κ2) is 8.20. The zero-order valence-corrected chi connectivity index (χ0v) is 19.4. The molecular weight excluding hydrogens is 366 g/mol. The highest BCUT2D eigenvalue weighted by molar-refractivity contribution is 7.07. The van der Waals surface area contributed by atoms with Crippen molar-refractivity contribution in [3.05, 3.63) is 58.3 Å². The molecule has 0 unspecified atom stereocenters. The molecule has 0 radical (unpaired) electrons. The van der Waals surface area contributed by atoms with Gasteiger partial charge in [0.15, 0.2) is 8.32 Å². The van der Waals surface area contributed by atoms with Gasteiger partial charge in [0.1, 0.15) is 0 Å². The Morgan fingerprint density at radius 3 is 2.30 bits per heavy atom. The summed E-state index contributed by atoms with van der Waals surface area (Å²) in [5.74, 6) is 0. The van der Waals surface area contributed by atoms with Crippen molar-refractivity contribution in [3.63, 3.8) is 0 Å². The lowest BCUT2D eigenvalue weighted by Gasteiger charge is -2.45. The number of likely N-dealkylation sites (tertiary alicyclic amines) is 1. The average Bonchev–Trinajstić information content (AvgIpc) is 3.14. The lowest BCUT2D eigenvalue weighted by Crippen LogP contribution is -2.49. The zero-order chi connectivity index (χ0) is 19.5. The molecule has 1 saturated heterocycles. The van der Waals surface area contributed by atoms with Gasteiger partial charge in [-0.1, -0.05) is 51.1 Å². The van der Waals surface area contributed by atoms with Gasteiger partial charge in [-0.25, -0.2) is 0 Å². The van der Waals surface area contributed by atoms with E-state index in [0.29, 0.717) is 0 Å². The molecule has 0 N–H and O–H groups in total. The van der Waals surface area contributed by atoms with Gasteiger partial charge in [0, 0.05) is 18.6 Å². The van der Waals surface area contributed by atoms with Gasteiger partial charge >= 0.3 is 0 Å². The Balaban J connectivity index is 1.73. The van der Waals surface area contributed by atoms with Gasteiger partial charge in [-0.15, -0.1) is 0 Å². The molecule has 0 spiro atoms. The number of benzene rings is 1. The van der Waals surface area contributed by atoms with Gasteiger partial charge < -0.3 is 4.43 Å². The van der Waals surface area contributed by atoms with Crippen LogP contribution < -0.4 is 0 Å². The van der Waals surface area contributed by atoms with Gasteiger partial charge in [0.05, 0.1) is 0 Å². The molecule has 1 aromatic heterocycles. The van der Waals surface area contributed by atoms with Crippen LogP contribution in [0.15, 0.2) is 47.2 Å². The molecule has 1 aromatic carbocycles. The third-order valence-electron chi connectivity index (χ3n) is 6.70. The molecule has 2 aromatic rings. The summed E-state index contributed by atoms with van der Waals surface area (Å²) in [4.78, 5) is 2.61. The third-order valence-corrected chi connectivity index (χ3v) is 11.9. The van der Waals surface area contributed by atoms with Gasteiger partial charge in [-0.05, 0) is 72.0 Å². The lowest BCUT2D eigenvalue weighted by molar-refractivity contribution is 0.101. The molecule has 3 rings (SSSR count). The highest BCUT2D eigenvalue weighted by Gasteiger charge is 2.42. The maximum atomic E-state index is 6.75. The Kier molecular flexibility index (Phi) is 6.31. The van der Waals surface area contributed by atoms with Crippen molar-refractivity contribution in [2.45, 2.75) is 63.7 Å².